The van der Waals surface area contributed by atoms with Crippen LogP contribution in [0.3, 0.4) is 0 Å². The number of fused-ring (bicyclic) bond motifs is 1. The van der Waals surface area contributed by atoms with Crippen LogP contribution in [-0.4, -0.2) is 11.9 Å². The van der Waals surface area contributed by atoms with Crippen molar-refractivity contribution in [2.75, 3.05) is 0 Å². The zero-order valence-electron chi connectivity index (χ0n) is 7.68. The number of hydrogen-bond donors (Lipinski definition) is 1. The van der Waals surface area contributed by atoms with Crippen molar-refractivity contribution in [3.05, 3.63) is 0 Å². The summed E-state index contributed by atoms with van der Waals surface area (Å²) in [6, 6.07) is 0.524. The molecule has 1 amide bonds. The lowest BCUT2D eigenvalue weighted by Crippen LogP contribution is -2.31. The Hall–Kier alpha value is -0.530. The molecule has 0 aromatic heterocycles. The van der Waals surface area contributed by atoms with E-state index < -0.39 is 0 Å². The summed E-state index contributed by atoms with van der Waals surface area (Å²) in [6.45, 7) is 2.13. The predicted molar refractivity (Wildman–Crippen MR) is 47.7 cm³/mol. The van der Waals surface area contributed by atoms with Crippen LogP contribution in [0, 0.1) is 11.8 Å². The van der Waals surface area contributed by atoms with Crippen molar-refractivity contribution >= 4 is 5.91 Å². The Labute approximate surface area is 73.7 Å². The second kappa shape index (κ2) is 3.08. The second-order valence-electron chi connectivity index (χ2n) is 4.08. The lowest BCUT2D eigenvalue weighted by Gasteiger charge is -2.26. The van der Waals surface area contributed by atoms with Crippen LogP contribution in [-0.2, 0) is 4.79 Å². The Bertz CT molecular complexity index is 190. The number of carbonyl (C=O) groups is 1. The zero-order valence-corrected chi connectivity index (χ0v) is 7.68. The standard InChI is InChI=1S/C10H17NO/c1-2-7-8-5-3-4-6-9(8)11-10(7)12/h7-9H,2-6H2,1H3,(H,11,12). The molecule has 0 spiro atoms. The molecular weight excluding hydrogens is 150 g/mol. The van der Waals surface area contributed by atoms with Gasteiger partial charge in [-0.05, 0) is 25.2 Å². The molecule has 3 atom stereocenters. The maximum atomic E-state index is 11.5. The van der Waals surface area contributed by atoms with Gasteiger partial charge in [0.15, 0.2) is 0 Å². The van der Waals surface area contributed by atoms with Crippen LogP contribution in [0.4, 0.5) is 0 Å². The largest absolute Gasteiger partial charge is 0.353 e. The minimum absolute atomic E-state index is 0.314. The van der Waals surface area contributed by atoms with Gasteiger partial charge in [0.05, 0.1) is 0 Å². The summed E-state index contributed by atoms with van der Waals surface area (Å²) in [7, 11) is 0. The van der Waals surface area contributed by atoms with Gasteiger partial charge in [0.2, 0.25) is 5.91 Å². The third-order valence-electron chi connectivity index (χ3n) is 3.44. The molecule has 0 aromatic carbocycles. The average Bonchev–Trinajstić information content (AvgIpc) is 2.40. The van der Waals surface area contributed by atoms with Gasteiger partial charge in [-0.15, -0.1) is 0 Å². The molecule has 68 valence electrons. The highest BCUT2D eigenvalue weighted by molar-refractivity contribution is 5.81. The Morgan fingerprint density at radius 1 is 1.42 bits per heavy atom. The average molecular weight is 167 g/mol. The molecule has 1 heterocycles. The first kappa shape index (κ1) is 8.09. The summed E-state index contributed by atoms with van der Waals surface area (Å²) in [6.07, 6.45) is 6.13. The van der Waals surface area contributed by atoms with Crippen LogP contribution in [0.15, 0.2) is 0 Å². The van der Waals surface area contributed by atoms with Crippen LogP contribution in [0.25, 0.3) is 0 Å². The fraction of sp³-hybridized carbons (Fsp3) is 0.900. The van der Waals surface area contributed by atoms with Crippen LogP contribution >= 0.6 is 0 Å². The number of nitrogens with one attached hydrogen (secondary N) is 1. The first-order valence-electron chi connectivity index (χ1n) is 5.13. The first-order chi connectivity index (χ1) is 5.83. The fourth-order valence-electron chi connectivity index (χ4n) is 2.79. The summed E-state index contributed by atoms with van der Waals surface area (Å²) in [4.78, 5) is 11.5. The Morgan fingerprint density at radius 2 is 2.17 bits per heavy atom. The van der Waals surface area contributed by atoms with Crippen molar-refractivity contribution in [3.8, 4) is 0 Å². The summed E-state index contributed by atoms with van der Waals surface area (Å²) < 4.78 is 0. The maximum absolute atomic E-state index is 11.5. The fourth-order valence-corrected chi connectivity index (χ4v) is 2.79. The van der Waals surface area contributed by atoms with Crippen molar-refractivity contribution in [1.29, 1.82) is 0 Å². The van der Waals surface area contributed by atoms with E-state index in [9.17, 15) is 4.79 Å². The van der Waals surface area contributed by atoms with Gasteiger partial charge in [-0.2, -0.15) is 0 Å². The lowest BCUT2D eigenvalue weighted by molar-refractivity contribution is -0.123. The summed E-state index contributed by atoms with van der Waals surface area (Å²) in [5.74, 6) is 1.31. The molecule has 1 saturated carbocycles. The SMILES string of the molecule is CCC1C(=O)NC2CCCCC21. The van der Waals surface area contributed by atoms with Gasteiger partial charge in [0.25, 0.3) is 0 Å². The molecule has 1 aliphatic carbocycles. The molecular formula is C10H17NO. The molecule has 2 fully saturated rings. The molecule has 0 radical (unpaired) electrons. The molecule has 2 rings (SSSR count). The molecule has 2 aliphatic rings. The monoisotopic (exact) mass is 167 g/mol. The van der Waals surface area contributed by atoms with Gasteiger partial charge in [0.1, 0.15) is 0 Å². The zero-order chi connectivity index (χ0) is 8.55. The Balaban J connectivity index is 2.10. The van der Waals surface area contributed by atoms with Crippen molar-refractivity contribution in [2.24, 2.45) is 11.8 Å². The van der Waals surface area contributed by atoms with E-state index in [2.05, 4.69) is 12.2 Å². The smallest absolute Gasteiger partial charge is 0.223 e. The minimum atomic E-state index is 0.314. The maximum Gasteiger partial charge on any atom is 0.223 e. The molecule has 12 heavy (non-hydrogen) atoms. The van der Waals surface area contributed by atoms with Gasteiger partial charge in [0, 0.05) is 12.0 Å². The molecule has 0 bridgehead atoms. The van der Waals surface area contributed by atoms with Crippen molar-refractivity contribution < 1.29 is 4.79 Å². The third kappa shape index (κ3) is 1.13. The molecule has 1 N–H and O–H groups in total. The van der Waals surface area contributed by atoms with Gasteiger partial charge >= 0.3 is 0 Å². The van der Waals surface area contributed by atoms with Crippen molar-refractivity contribution in [2.45, 2.75) is 45.1 Å². The van der Waals surface area contributed by atoms with Gasteiger partial charge < -0.3 is 5.32 Å². The number of carbonyl (C=O) groups excluding carboxylic acids is 1. The predicted octanol–water partition coefficient (Wildman–Crippen LogP) is 1.70. The topological polar surface area (TPSA) is 29.1 Å². The molecule has 2 heteroatoms. The highest BCUT2D eigenvalue weighted by Crippen LogP contribution is 2.36. The minimum Gasteiger partial charge on any atom is -0.353 e. The number of hydrogen-bond acceptors (Lipinski definition) is 1. The highest BCUT2D eigenvalue weighted by atomic mass is 16.2. The van der Waals surface area contributed by atoms with E-state index in [4.69, 9.17) is 0 Å². The van der Waals surface area contributed by atoms with E-state index >= 15 is 0 Å². The summed E-state index contributed by atoms with van der Waals surface area (Å²) in [5, 5.41) is 3.12. The van der Waals surface area contributed by atoms with Gasteiger partial charge in [-0.25, -0.2) is 0 Å². The molecule has 0 aromatic rings. The quantitative estimate of drug-likeness (QED) is 0.632. The number of amides is 1. The van der Waals surface area contributed by atoms with Gasteiger partial charge in [-0.3, -0.25) is 4.79 Å². The van der Waals surface area contributed by atoms with E-state index in [1.165, 1.54) is 25.7 Å². The highest BCUT2D eigenvalue weighted by Gasteiger charge is 2.41. The second-order valence-corrected chi connectivity index (χ2v) is 4.08. The lowest BCUT2D eigenvalue weighted by atomic mass is 9.79. The van der Waals surface area contributed by atoms with E-state index in [0.717, 1.165) is 6.42 Å². The Morgan fingerprint density at radius 3 is 2.92 bits per heavy atom. The van der Waals surface area contributed by atoms with Crippen LogP contribution < -0.4 is 5.32 Å². The van der Waals surface area contributed by atoms with E-state index in [1.807, 2.05) is 0 Å². The van der Waals surface area contributed by atoms with Crippen molar-refractivity contribution in [3.63, 3.8) is 0 Å². The van der Waals surface area contributed by atoms with Crippen LogP contribution in [0.1, 0.15) is 39.0 Å². The Kier molecular flexibility index (Phi) is 2.07. The van der Waals surface area contributed by atoms with E-state index in [0.29, 0.717) is 23.8 Å². The first-order valence-corrected chi connectivity index (χ1v) is 5.13. The summed E-state index contributed by atoms with van der Waals surface area (Å²) >= 11 is 0. The number of rotatable bonds is 1. The summed E-state index contributed by atoms with van der Waals surface area (Å²) in [5.41, 5.74) is 0. The van der Waals surface area contributed by atoms with E-state index in [-0.39, 0.29) is 0 Å². The molecule has 2 nitrogen and oxygen atoms in total. The molecule has 1 saturated heterocycles. The normalized spacial score (nSPS) is 40.8. The van der Waals surface area contributed by atoms with Crippen LogP contribution in [0.5, 0.6) is 0 Å². The molecule has 1 aliphatic heterocycles. The van der Waals surface area contributed by atoms with Crippen molar-refractivity contribution in [1.82, 2.24) is 5.32 Å². The third-order valence-corrected chi connectivity index (χ3v) is 3.44. The van der Waals surface area contributed by atoms with Crippen LogP contribution in [0.2, 0.25) is 0 Å². The van der Waals surface area contributed by atoms with Gasteiger partial charge in [-0.1, -0.05) is 19.8 Å². The molecule has 3 unspecified atom stereocenters. The van der Waals surface area contributed by atoms with E-state index in [1.54, 1.807) is 0 Å².